The van der Waals surface area contributed by atoms with E-state index in [4.69, 9.17) is 37.9 Å². The molecule has 0 radical (unpaired) electrons. The Morgan fingerprint density at radius 2 is 1.42 bits per heavy atom. The van der Waals surface area contributed by atoms with Gasteiger partial charge in [-0.25, -0.2) is 9.59 Å². The summed E-state index contributed by atoms with van der Waals surface area (Å²) in [5, 5.41) is 19.7. The third kappa shape index (κ3) is 16.3. The van der Waals surface area contributed by atoms with Gasteiger partial charge in [-0.05, 0) is 55.3 Å². The fraction of sp³-hybridized carbons (Fsp3) is 0.725. The van der Waals surface area contributed by atoms with Crippen molar-refractivity contribution in [2.75, 3.05) is 49.1 Å². The van der Waals surface area contributed by atoms with Crippen LogP contribution >= 0.6 is 0 Å². The Hall–Kier alpha value is -5.42. The van der Waals surface area contributed by atoms with Crippen LogP contribution in [0.4, 0.5) is 0 Å². The zero-order valence-electron chi connectivity index (χ0n) is 45.2. The number of likely N-dealkylation sites (N-methyl/N-ethyl adjacent to an activating group) is 2. The minimum atomic E-state index is -1.78. The van der Waals surface area contributed by atoms with Crippen LogP contribution in [0, 0.1) is 23.7 Å². The quantitative estimate of drug-likeness (QED) is 0.0759. The molecule has 2 saturated heterocycles. The van der Waals surface area contributed by atoms with Gasteiger partial charge in [0.15, 0.2) is 12.2 Å². The van der Waals surface area contributed by atoms with Crippen LogP contribution in [0.2, 0.25) is 0 Å². The van der Waals surface area contributed by atoms with Crippen molar-refractivity contribution >= 4 is 47.5 Å². The van der Waals surface area contributed by atoms with Crippen LogP contribution in [0.15, 0.2) is 24.3 Å². The molecule has 4 amide bonds. The number of methoxy groups -OCH3 is 4. The Morgan fingerprint density at radius 3 is 1.93 bits per heavy atom. The number of aliphatic hydroxyl groups is 1. The predicted molar refractivity (Wildman–Crippen MR) is 263 cm³/mol. The number of nitrogens with one attached hydrogen (secondary N) is 3. The van der Waals surface area contributed by atoms with Gasteiger partial charge in [-0.1, -0.05) is 67.0 Å². The lowest BCUT2D eigenvalue weighted by Crippen LogP contribution is -2.63. The summed E-state index contributed by atoms with van der Waals surface area (Å²) >= 11 is 0. The number of aliphatic hydroxyl groups excluding tert-OH is 1. The largest absolute Gasteiger partial charge is 0.467 e. The first kappa shape index (κ1) is 61.9. The summed E-state index contributed by atoms with van der Waals surface area (Å²) in [6, 6.07) is 2.58. The highest BCUT2D eigenvalue weighted by Gasteiger charge is 2.53. The van der Waals surface area contributed by atoms with Crippen molar-refractivity contribution < 1.29 is 81.4 Å². The summed E-state index contributed by atoms with van der Waals surface area (Å²) in [7, 11) is 8.60. The number of hydrogen-bond donors (Lipinski definition) is 4. The van der Waals surface area contributed by atoms with E-state index < -0.39 is 109 Å². The molecule has 2 fully saturated rings. The summed E-state index contributed by atoms with van der Waals surface area (Å²) < 4.78 is 44.0. The number of amides is 4. The third-order valence-corrected chi connectivity index (χ3v) is 13.7. The Bertz CT molecular complexity index is 2020. The van der Waals surface area contributed by atoms with Crippen LogP contribution in [0.1, 0.15) is 93.6 Å². The van der Waals surface area contributed by atoms with Crippen molar-refractivity contribution in [3.63, 3.8) is 0 Å². The highest BCUT2D eigenvalue weighted by Crippen LogP contribution is 2.32. The molecular weight excluding hydrogens is 955 g/mol. The van der Waals surface area contributed by atoms with Crippen molar-refractivity contribution in [1.82, 2.24) is 25.8 Å². The van der Waals surface area contributed by atoms with Gasteiger partial charge in [-0.15, -0.1) is 0 Å². The number of rotatable bonds is 26. The van der Waals surface area contributed by atoms with Gasteiger partial charge in [0.05, 0.1) is 56.9 Å². The lowest BCUT2D eigenvalue weighted by molar-refractivity contribution is -0.279. The smallest absolute Gasteiger partial charge is 0.338 e. The number of likely N-dealkylation sites (tertiary alicyclic amines) is 1. The Balaban J connectivity index is 1.79. The van der Waals surface area contributed by atoms with E-state index in [1.807, 2.05) is 41.5 Å². The van der Waals surface area contributed by atoms with E-state index in [-0.39, 0.29) is 54.1 Å². The molecular formula is C51H81N5O17. The molecule has 0 spiro atoms. The fourth-order valence-electron chi connectivity index (χ4n) is 9.63. The van der Waals surface area contributed by atoms with E-state index in [2.05, 4.69) is 16.0 Å². The summed E-state index contributed by atoms with van der Waals surface area (Å²) in [6.07, 6.45) is -7.91. The summed E-state index contributed by atoms with van der Waals surface area (Å²) in [5.74, 6) is -5.87. The Labute approximate surface area is 429 Å². The number of nitrogens with zero attached hydrogens (tertiary/aromatic N) is 2. The molecule has 4 N–H and O–H groups in total. The summed E-state index contributed by atoms with van der Waals surface area (Å²) in [4.78, 5) is 109. The molecule has 0 aliphatic carbocycles. The molecule has 14 atom stereocenters. The molecule has 0 aromatic heterocycles. The fourth-order valence-corrected chi connectivity index (χ4v) is 9.63. The average molecular weight is 1040 g/mol. The monoisotopic (exact) mass is 1040 g/mol. The normalized spacial score (nSPS) is 23.1. The van der Waals surface area contributed by atoms with Gasteiger partial charge < -0.3 is 68.8 Å². The second-order valence-electron chi connectivity index (χ2n) is 19.5. The van der Waals surface area contributed by atoms with Crippen LogP contribution in [-0.2, 0) is 77.9 Å². The highest BCUT2D eigenvalue weighted by molar-refractivity contribution is 5.90. The molecule has 1 aromatic rings. The van der Waals surface area contributed by atoms with Crippen LogP contribution in [0.3, 0.4) is 0 Å². The lowest BCUT2D eigenvalue weighted by atomic mass is 9.89. The molecule has 2 aliphatic heterocycles. The van der Waals surface area contributed by atoms with Gasteiger partial charge in [-0.2, -0.15) is 0 Å². The molecule has 2 heterocycles. The minimum absolute atomic E-state index is 0.0173. The highest BCUT2D eigenvalue weighted by atomic mass is 16.7. The van der Waals surface area contributed by atoms with Gasteiger partial charge in [-0.3, -0.25) is 28.8 Å². The molecule has 0 saturated carbocycles. The zero-order chi connectivity index (χ0) is 55.0. The molecule has 22 nitrogen and oxygen atoms in total. The van der Waals surface area contributed by atoms with Gasteiger partial charge in [0.2, 0.25) is 36.0 Å². The third-order valence-electron chi connectivity index (χ3n) is 13.7. The first-order valence-electron chi connectivity index (χ1n) is 24.9. The molecule has 412 valence electrons. The van der Waals surface area contributed by atoms with Crippen molar-refractivity contribution in [2.24, 2.45) is 23.7 Å². The number of benzene rings is 1. The second kappa shape index (κ2) is 28.9. The number of hydrogen-bond acceptors (Lipinski definition) is 18. The van der Waals surface area contributed by atoms with Crippen molar-refractivity contribution in [1.29, 1.82) is 0 Å². The maximum Gasteiger partial charge on any atom is 0.338 e. The standard InChI is InChI=1S/C51H81N5O17/c1-16-28(6)40(55(11)48(63)39(27(4)5)54-47(62)38(52-10)26(2)3)36(66-12)25-37(59)56-23-17-18-35(56)42(67-13)29(7)46(61)53-34(49(64)68-14)24-32-19-21-33(22-20-32)72-51-45(71-31(9)58)43(70-30(8)57)41(60)44(73-51)50(65)69-15/h19-22,26-29,34-36,38-45,51-52,60H,16-18,23-25H2,1-15H3,(H,53,61)(H,54,62)/t28?,29-,34-,35+,36-,38+,39+,40+,41-,42-,43-,44-,45+,51+/m1/s1. The number of esters is 4. The van der Waals surface area contributed by atoms with Gasteiger partial charge in [0, 0.05) is 48.1 Å². The van der Waals surface area contributed by atoms with E-state index in [1.165, 1.54) is 33.5 Å². The Morgan fingerprint density at radius 1 is 0.822 bits per heavy atom. The van der Waals surface area contributed by atoms with Gasteiger partial charge in [0.25, 0.3) is 0 Å². The molecule has 73 heavy (non-hydrogen) atoms. The number of carbonyl (C=O) groups excluding carboxylic acids is 8. The average Bonchev–Trinajstić information content (AvgIpc) is 3.84. The first-order chi connectivity index (χ1) is 34.4. The maximum absolute atomic E-state index is 14.4. The molecule has 2 aliphatic rings. The first-order valence-corrected chi connectivity index (χ1v) is 24.9. The molecule has 1 aromatic carbocycles. The minimum Gasteiger partial charge on any atom is -0.467 e. The predicted octanol–water partition coefficient (Wildman–Crippen LogP) is 1.69. The van der Waals surface area contributed by atoms with E-state index in [0.717, 1.165) is 21.0 Å². The lowest BCUT2D eigenvalue weighted by Gasteiger charge is -2.41. The molecule has 0 bridgehead atoms. The van der Waals surface area contributed by atoms with Crippen molar-refractivity contribution in [3.8, 4) is 5.75 Å². The van der Waals surface area contributed by atoms with Gasteiger partial charge >= 0.3 is 23.9 Å². The maximum atomic E-state index is 14.4. The van der Waals surface area contributed by atoms with Crippen LogP contribution in [0.25, 0.3) is 0 Å². The molecule has 22 heteroatoms. The van der Waals surface area contributed by atoms with Crippen LogP contribution in [0.5, 0.6) is 5.75 Å². The summed E-state index contributed by atoms with van der Waals surface area (Å²) in [6.45, 7) is 15.8. The summed E-state index contributed by atoms with van der Waals surface area (Å²) in [5.41, 5.74) is 0.544. The van der Waals surface area contributed by atoms with Crippen LogP contribution in [-0.4, -0.2) is 185 Å². The zero-order valence-corrected chi connectivity index (χ0v) is 45.2. The number of ether oxygens (including phenoxy) is 8. The molecule has 1 unspecified atom stereocenters. The van der Waals surface area contributed by atoms with Crippen LogP contribution < -0.4 is 20.7 Å². The van der Waals surface area contributed by atoms with Gasteiger partial charge in [0.1, 0.15) is 23.9 Å². The van der Waals surface area contributed by atoms with E-state index in [9.17, 15) is 43.5 Å². The molecule has 3 rings (SSSR count). The van der Waals surface area contributed by atoms with E-state index in [1.54, 1.807) is 43.0 Å². The van der Waals surface area contributed by atoms with E-state index >= 15 is 0 Å². The SMILES string of the molecule is CCC(C)[C@@H]([C@@H](CC(=O)N1CCC[C@H]1[C@H](OC)[C@@H](C)C(=O)N[C@H](Cc1ccc(O[C@H]2O[C@@H](C(=O)OC)[C@H](O)[C@@H](OC(C)=O)[C@@H]2OC(C)=O)cc1)C(=O)OC)OC)N(C)C(=O)[C@@H](NC(=O)[C@@H](NC)C(C)C)C(C)C. The van der Waals surface area contributed by atoms with E-state index in [0.29, 0.717) is 31.4 Å². The Kier molecular flexibility index (Phi) is 24.5. The van der Waals surface area contributed by atoms with Crippen molar-refractivity contribution in [3.05, 3.63) is 29.8 Å². The topological polar surface area (TPSA) is 273 Å². The second-order valence-corrected chi connectivity index (χ2v) is 19.5. The number of carbonyl (C=O) groups is 8. The van der Waals surface area contributed by atoms with Crippen molar-refractivity contribution in [2.45, 2.75) is 168 Å².